The first-order chi connectivity index (χ1) is 10.1. The van der Waals surface area contributed by atoms with Crippen molar-refractivity contribution in [2.75, 3.05) is 13.1 Å². The van der Waals surface area contributed by atoms with Gasteiger partial charge in [0.05, 0.1) is 24.0 Å². The number of nitrogens with one attached hydrogen (secondary N) is 2. The summed E-state index contributed by atoms with van der Waals surface area (Å²) in [6, 6.07) is -0.437. The van der Waals surface area contributed by atoms with E-state index in [1.165, 1.54) is 0 Å². The van der Waals surface area contributed by atoms with Gasteiger partial charge in [-0.25, -0.2) is 4.79 Å². The van der Waals surface area contributed by atoms with Crippen LogP contribution in [-0.4, -0.2) is 43.3 Å². The van der Waals surface area contributed by atoms with E-state index < -0.39 is 17.9 Å². The van der Waals surface area contributed by atoms with Crippen LogP contribution in [-0.2, 0) is 19.1 Å². The second-order valence-electron chi connectivity index (χ2n) is 5.86. The quantitative estimate of drug-likeness (QED) is 0.661. The summed E-state index contributed by atoms with van der Waals surface area (Å²) in [5.74, 6) is -1.58. The molecule has 0 aliphatic carbocycles. The molecule has 128 valence electrons. The van der Waals surface area contributed by atoms with Crippen molar-refractivity contribution in [2.45, 2.75) is 53.8 Å². The van der Waals surface area contributed by atoms with Crippen LogP contribution in [0.15, 0.2) is 0 Å². The molecule has 0 saturated carbocycles. The number of hydrogen-bond donors (Lipinski definition) is 2. The zero-order valence-electron chi connectivity index (χ0n) is 14.3. The summed E-state index contributed by atoms with van der Waals surface area (Å²) in [4.78, 5) is 34.8. The van der Waals surface area contributed by atoms with Crippen molar-refractivity contribution in [1.29, 1.82) is 0 Å². The van der Waals surface area contributed by atoms with Crippen LogP contribution >= 0.6 is 0 Å². The van der Waals surface area contributed by atoms with Crippen LogP contribution in [0.5, 0.6) is 0 Å². The number of urea groups is 1. The fourth-order valence-corrected chi connectivity index (χ4v) is 1.42. The normalized spacial score (nSPS) is 13.5. The lowest BCUT2D eigenvalue weighted by Gasteiger charge is -2.16. The fourth-order valence-electron chi connectivity index (χ4n) is 1.42. The number of ether oxygens (including phenoxy) is 2. The molecule has 7 nitrogen and oxygen atoms in total. The molecule has 2 atom stereocenters. The SMILES string of the molecule is CC(C)OC(=O)[C@H](C)CNC(=O)NC[C@@H](C)C(=O)OC(C)C. The lowest BCUT2D eigenvalue weighted by molar-refractivity contribution is -0.152. The Hall–Kier alpha value is -1.79. The Morgan fingerprint density at radius 2 is 1.05 bits per heavy atom. The monoisotopic (exact) mass is 316 g/mol. The number of esters is 2. The van der Waals surface area contributed by atoms with Gasteiger partial charge in [0.25, 0.3) is 0 Å². The smallest absolute Gasteiger partial charge is 0.314 e. The Kier molecular flexibility index (Phi) is 9.21. The number of amides is 2. The molecule has 0 heterocycles. The van der Waals surface area contributed by atoms with Gasteiger partial charge < -0.3 is 20.1 Å². The van der Waals surface area contributed by atoms with E-state index in [0.29, 0.717) is 0 Å². The predicted octanol–water partition coefficient (Wildman–Crippen LogP) is 1.46. The molecule has 7 heteroatoms. The summed E-state index contributed by atoms with van der Waals surface area (Å²) >= 11 is 0. The Morgan fingerprint density at radius 1 is 0.727 bits per heavy atom. The highest BCUT2D eigenvalue weighted by atomic mass is 16.5. The molecule has 0 aliphatic rings. The summed E-state index contributed by atoms with van der Waals surface area (Å²) in [5.41, 5.74) is 0. The zero-order valence-corrected chi connectivity index (χ0v) is 14.3. The third-order valence-corrected chi connectivity index (χ3v) is 2.65. The topological polar surface area (TPSA) is 93.7 Å². The molecule has 0 saturated heterocycles. The van der Waals surface area contributed by atoms with E-state index in [-0.39, 0.29) is 37.2 Å². The maximum Gasteiger partial charge on any atom is 0.314 e. The van der Waals surface area contributed by atoms with E-state index in [0.717, 1.165) is 0 Å². The second kappa shape index (κ2) is 10.0. The summed E-state index contributed by atoms with van der Waals surface area (Å²) in [5, 5.41) is 5.14. The molecular formula is C15H28N2O5. The molecule has 0 bridgehead atoms. The first-order valence-corrected chi connectivity index (χ1v) is 7.56. The molecular weight excluding hydrogens is 288 g/mol. The highest BCUT2D eigenvalue weighted by Crippen LogP contribution is 2.01. The summed E-state index contributed by atoms with van der Waals surface area (Å²) in [6.45, 7) is 10.8. The Bertz CT molecular complexity index is 348. The van der Waals surface area contributed by atoms with E-state index in [4.69, 9.17) is 9.47 Å². The van der Waals surface area contributed by atoms with Crippen LogP contribution in [0, 0.1) is 11.8 Å². The van der Waals surface area contributed by atoms with Crippen molar-refractivity contribution < 1.29 is 23.9 Å². The third-order valence-electron chi connectivity index (χ3n) is 2.65. The second-order valence-corrected chi connectivity index (χ2v) is 5.86. The number of carbonyl (C=O) groups excluding carboxylic acids is 3. The van der Waals surface area contributed by atoms with Crippen molar-refractivity contribution in [3.05, 3.63) is 0 Å². The molecule has 2 amide bonds. The number of carbonyl (C=O) groups is 3. The van der Waals surface area contributed by atoms with E-state index in [1.54, 1.807) is 41.5 Å². The first-order valence-electron chi connectivity index (χ1n) is 7.56. The van der Waals surface area contributed by atoms with Crippen LogP contribution in [0.3, 0.4) is 0 Å². The molecule has 0 spiro atoms. The van der Waals surface area contributed by atoms with Crippen molar-refractivity contribution >= 4 is 18.0 Å². The predicted molar refractivity (Wildman–Crippen MR) is 82.2 cm³/mol. The molecule has 0 unspecified atom stereocenters. The lowest BCUT2D eigenvalue weighted by atomic mass is 10.2. The standard InChI is InChI=1S/C15H28N2O5/c1-9(2)21-13(18)11(5)7-16-15(20)17-8-12(6)14(19)22-10(3)4/h9-12H,7-8H2,1-6H3,(H2,16,17,20)/t11-,12-/m1/s1. The van der Waals surface area contributed by atoms with Crippen LogP contribution in [0.4, 0.5) is 4.79 Å². The Balaban J connectivity index is 4.00. The van der Waals surface area contributed by atoms with Crippen LogP contribution in [0.1, 0.15) is 41.5 Å². The highest BCUT2D eigenvalue weighted by Gasteiger charge is 2.18. The van der Waals surface area contributed by atoms with E-state index in [9.17, 15) is 14.4 Å². The van der Waals surface area contributed by atoms with Gasteiger partial charge in [-0.15, -0.1) is 0 Å². The summed E-state index contributed by atoms with van der Waals surface area (Å²) < 4.78 is 10.1. The van der Waals surface area contributed by atoms with Gasteiger partial charge >= 0.3 is 18.0 Å². The van der Waals surface area contributed by atoms with Gasteiger partial charge in [-0.1, -0.05) is 13.8 Å². The molecule has 2 N–H and O–H groups in total. The van der Waals surface area contributed by atoms with Crippen LogP contribution < -0.4 is 10.6 Å². The van der Waals surface area contributed by atoms with Gasteiger partial charge in [0.15, 0.2) is 0 Å². The largest absolute Gasteiger partial charge is 0.463 e. The van der Waals surface area contributed by atoms with Gasteiger partial charge in [0.1, 0.15) is 0 Å². The van der Waals surface area contributed by atoms with Crippen LogP contribution in [0.25, 0.3) is 0 Å². The van der Waals surface area contributed by atoms with Gasteiger partial charge in [0, 0.05) is 13.1 Å². The minimum absolute atomic E-state index is 0.169. The average Bonchev–Trinajstić information content (AvgIpc) is 2.40. The molecule has 22 heavy (non-hydrogen) atoms. The lowest BCUT2D eigenvalue weighted by Crippen LogP contribution is -2.42. The van der Waals surface area contributed by atoms with E-state index in [1.807, 2.05) is 0 Å². The Labute approximate surface area is 132 Å². The maximum atomic E-state index is 11.6. The van der Waals surface area contributed by atoms with Crippen LogP contribution in [0.2, 0.25) is 0 Å². The Morgan fingerprint density at radius 3 is 1.32 bits per heavy atom. The maximum absolute atomic E-state index is 11.6. The van der Waals surface area contributed by atoms with Gasteiger partial charge in [-0.2, -0.15) is 0 Å². The van der Waals surface area contributed by atoms with E-state index >= 15 is 0 Å². The van der Waals surface area contributed by atoms with Gasteiger partial charge in [-0.3, -0.25) is 9.59 Å². The molecule has 0 rings (SSSR count). The van der Waals surface area contributed by atoms with Crippen molar-refractivity contribution in [2.24, 2.45) is 11.8 Å². The van der Waals surface area contributed by atoms with Crippen molar-refractivity contribution in [3.8, 4) is 0 Å². The molecule has 0 fully saturated rings. The molecule has 0 aliphatic heterocycles. The van der Waals surface area contributed by atoms with Crippen molar-refractivity contribution in [3.63, 3.8) is 0 Å². The van der Waals surface area contributed by atoms with E-state index in [2.05, 4.69) is 10.6 Å². The summed E-state index contributed by atoms with van der Waals surface area (Å²) in [7, 11) is 0. The first kappa shape index (κ1) is 20.2. The molecule has 0 aromatic carbocycles. The zero-order chi connectivity index (χ0) is 17.3. The summed E-state index contributed by atoms with van der Waals surface area (Å²) in [6.07, 6.45) is -0.367. The highest BCUT2D eigenvalue weighted by molar-refractivity contribution is 5.77. The number of rotatable bonds is 8. The molecule has 0 radical (unpaired) electrons. The number of hydrogen-bond acceptors (Lipinski definition) is 5. The minimum Gasteiger partial charge on any atom is -0.463 e. The van der Waals surface area contributed by atoms with Crippen molar-refractivity contribution in [1.82, 2.24) is 10.6 Å². The average molecular weight is 316 g/mol. The van der Waals surface area contributed by atoms with Gasteiger partial charge in [-0.05, 0) is 27.7 Å². The molecule has 0 aromatic rings. The van der Waals surface area contributed by atoms with Gasteiger partial charge in [0.2, 0.25) is 0 Å². The minimum atomic E-state index is -0.437. The fraction of sp³-hybridized carbons (Fsp3) is 0.800. The molecule has 0 aromatic heterocycles. The third kappa shape index (κ3) is 9.20.